The third kappa shape index (κ3) is 3.79. The largest absolute Gasteiger partial charge is 0.494 e. The van der Waals surface area contributed by atoms with Crippen LogP contribution in [-0.4, -0.2) is 26.3 Å². The van der Waals surface area contributed by atoms with Crippen LogP contribution in [0.2, 0.25) is 0 Å². The molecule has 0 saturated carbocycles. The van der Waals surface area contributed by atoms with Gasteiger partial charge in [-0.1, -0.05) is 0 Å². The van der Waals surface area contributed by atoms with E-state index in [1.807, 2.05) is 6.92 Å². The summed E-state index contributed by atoms with van der Waals surface area (Å²) >= 11 is 0. The lowest BCUT2D eigenvalue weighted by Crippen LogP contribution is -2.20. The van der Waals surface area contributed by atoms with E-state index in [1.165, 1.54) is 6.26 Å². The molecule has 134 valence electrons. The van der Waals surface area contributed by atoms with Crippen molar-refractivity contribution in [2.75, 3.05) is 12.9 Å². The van der Waals surface area contributed by atoms with Crippen molar-refractivity contribution >= 4 is 9.84 Å². The van der Waals surface area contributed by atoms with Gasteiger partial charge in [0.1, 0.15) is 5.75 Å². The van der Waals surface area contributed by atoms with E-state index in [1.54, 1.807) is 24.4 Å². The Kier molecular flexibility index (Phi) is 4.99. The molecular weight excluding hydrogens is 338 g/mol. The molecule has 1 N–H and O–H groups in total. The van der Waals surface area contributed by atoms with Crippen molar-refractivity contribution < 1.29 is 13.2 Å². The number of nitrogens with one attached hydrogen (secondary N) is 1. The first-order valence-electron chi connectivity index (χ1n) is 8.58. The number of aromatic amines is 1. The lowest BCUT2D eigenvalue weighted by molar-refractivity contribution is 0.337. The third-order valence-electron chi connectivity index (χ3n) is 4.65. The van der Waals surface area contributed by atoms with Crippen LogP contribution < -0.4 is 10.3 Å². The highest BCUT2D eigenvalue weighted by atomic mass is 32.2. The maximum absolute atomic E-state index is 12.1. The maximum atomic E-state index is 12.1. The zero-order chi connectivity index (χ0) is 18.0. The van der Waals surface area contributed by atoms with Gasteiger partial charge in [0.25, 0.3) is 5.56 Å². The van der Waals surface area contributed by atoms with E-state index in [-0.39, 0.29) is 10.5 Å². The van der Waals surface area contributed by atoms with Crippen molar-refractivity contribution in [3.05, 3.63) is 57.0 Å². The van der Waals surface area contributed by atoms with Gasteiger partial charge in [0.05, 0.1) is 11.5 Å². The summed E-state index contributed by atoms with van der Waals surface area (Å²) in [5.41, 5.74) is 3.85. The zero-order valence-corrected chi connectivity index (χ0v) is 15.4. The minimum Gasteiger partial charge on any atom is -0.494 e. The number of aromatic nitrogens is 1. The van der Waals surface area contributed by atoms with Crippen LogP contribution in [-0.2, 0) is 29.1 Å². The summed E-state index contributed by atoms with van der Waals surface area (Å²) in [6.45, 7) is 2.41. The number of fused-ring (bicyclic) bond motifs is 1. The number of hydrogen-bond acceptors (Lipinski definition) is 4. The van der Waals surface area contributed by atoms with Gasteiger partial charge >= 0.3 is 0 Å². The van der Waals surface area contributed by atoms with Gasteiger partial charge in [0.15, 0.2) is 9.84 Å². The molecule has 0 aliphatic heterocycles. The average molecular weight is 361 g/mol. The molecule has 1 aromatic carbocycles. The number of rotatable bonds is 5. The Hall–Kier alpha value is -2.08. The first kappa shape index (κ1) is 17.7. The number of pyridine rings is 1. The zero-order valence-electron chi connectivity index (χ0n) is 14.6. The van der Waals surface area contributed by atoms with Crippen LogP contribution in [0.15, 0.2) is 34.1 Å². The molecule has 0 spiro atoms. The molecule has 1 aromatic heterocycles. The molecule has 1 heterocycles. The van der Waals surface area contributed by atoms with Gasteiger partial charge in [-0.15, -0.1) is 0 Å². The van der Waals surface area contributed by atoms with E-state index in [2.05, 4.69) is 4.98 Å². The smallest absolute Gasteiger partial charge is 0.251 e. The Balaban J connectivity index is 2.07. The normalized spacial score (nSPS) is 14.2. The summed E-state index contributed by atoms with van der Waals surface area (Å²) in [5, 5.41) is 0. The summed E-state index contributed by atoms with van der Waals surface area (Å²) in [6, 6.07) is 4.97. The Labute approximate surface area is 148 Å². The van der Waals surface area contributed by atoms with E-state index in [0.717, 1.165) is 47.9 Å². The SMILES string of the molecule is CCOc1ccc(S(C)(=O)=O)cc1Cc1c[nH]c(=O)c2c1CCCC2. The van der Waals surface area contributed by atoms with Gasteiger partial charge in [0.2, 0.25) is 0 Å². The van der Waals surface area contributed by atoms with Crippen LogP contribution in [0.5, 0.6) is 5.75 Å². The fourth-order valence-electron chi connectivity index (χ4n) is 3.42. The second kappa shape index (κ2) is 7.04. The van der Waals surface area contributed by atoms with E-state index in [0.29, 0.717) is 18.8 Å². The van der Waals surface area contributed by atoms with Crippen LogP contribution >= 0.6 is 0 Å². The van der Waals surface area contributed by atoms with Gasteiger partial charge < -0.3 is 9.72 Å². The van der Waals surface area contributed by atoms with Crippen molar-refractivity contribution in [2.45, 2.75) is 43.9 Å². The molecule has 0 unspecified atom stereocenters. The first-order valence-corrected chi connectivity index (χ1v) is 10.5. The van der Waals surface area contributed by atoms with Crippen LogP contribution in [0.1, 0.15) is 42.0 Å². The number of ether oxygens (including phenoxy) is 1. The summed E-state index contributed by atoms with van der Waals surface area (Å²) in [6.07, 6.45) is 7.31. The number of hydrogen-bond donors (Lipinski definition) is 1. The van der Waals surface area contributed by atoms with Crippen molar-refractivity contribution in [1.82, 2.24) is 4.98 Å². The van der Waals surface area contributed by atoms with Crippen LogP contribution in [0.3, 0.4) is 0 Å². The van der Waals surface area contributed by atoms with E-state index in [4.69, 9.17) is 4.74 Å². The Morgan fingerprint density at radius 1 is 1.12 bits per heavy atom. The van der Waals surface area contributed by atoms with Gasteiger partial charge in [-0.05, 0) is 67.5 Å². The van der Waals surface area contributed by atoms with Crippen molar-refractivity contribution in [1.29, 1.82) is 0 Å². The highest BCUT2D eigenvalue weighted by molar-refractivity contribution is 7.90. The first-order chi connectivity index (χ1) is 11.9. The lowest BCUT2D eigenvalue weighted by Gasteiger charge is -2.19. The van der Waals surface area contributed by atoms with E-state index >= 15 is 0 Å². The number of benzene rings is 1. The summed E-state index contributed by atoms with van der Waals surface area (Å²) in [4.78, 5) is 15.2. The fraction of sp³-hybridized carbons (Fsp3) is 0.421. The van der Waals surface area contributed by atoms with E-state index in [9.17, 15) is 13.2 Å². The van der Waals surface area contributed by atoms with Gasteiger partial charge in [0, 0.05) is 24.4 Å². The van der Waals surface area contributed by atoms with E-state index < -0.39 is 9.84 Å². The van der Waals surface area contributed by atoms with Gasteiger partial charge in [-0.25, -0.2) is 8.42 Å². The Bertz CT molecular complexity index is 944. The second-order valence-corrected chi connectivity index (χ2v) is 8.47. The molecule has 2 aromatic rings. The predicted molar refractivity (Wildman–Crippen MR) is 97.2 cm³/mol. The Morgan fingerprint density at radius 2 is 1.84 bits per heavy atom. The van der Waals surface area contributed by atoms with Crippen molar-refractivity contribution in [2.24, 2.45) is 0 Å². The molecule has 0 atom stereocenters. The third-order valence-corrected chi connectivity index (χ3v) is 5.76. The average Bonchev–Trinajstić information content (AvgIpc) is 2.58. The maximum Gasteiger partial charge on any atom is 0.251 e. The van der Waals surface area contributed by atoms with Crippen LogP contribution in [0.25, 0.3) is 0 Å². The fourth-order valence-corrected chi connectivity index (χ4v) is 4.09. The molecule has 0 radical (unpaired) electrons. The molecule has 3 rings (SSSR count). The minimum atomic E-state index is -3.29. The Morgan fingerprint density at radius 3 is 2.52 bits per heavy atom. The van der Waals surface area contributed by atoms with Crippen LogP contribution in [0.4, 0.5) is 0 Å². The number of sulfone groups is 1. The molecule has 25 heavy (non-hydrogen) atoms. The molecule has 1 aliphatic carbocycles. The molecule has 0 amide bonds. The predicted octanol–water partition coefficient (Wildman–Crippen LogP) is 2.65. The molecule has 1 aliphatic rings. The monoisotopic (exact) mass is 361 g/mol. The molecule has 6 heteroatoms. The summed E-state index contributed by atoms with van der Waals surface area (Å²) in [7, 11) is -3.29. The van der Waals surface area contributed by atoms with Gasteiger partial charge in [-0.2, -0.15) is 0 Å². The molecule has 0 saturated heterocycles. The van der Waals surface area contributed by atoms with Crippen molar-refractivity contribution in [3.8, 4) is 5.75 Å². The molecular formula is C19H23NO4S. The summed E-state index contributed by atoms with van der Waals surface area (Å²) in [5.74, 6) is 0.686. The topological polar surface area (TPSA) is 76.2 Å². The molecule has 0 fully saturated rings. The number of H-pyrrole nitrogens is 1. The summed E-state index contributed by atoms with van der Waals surface area (Å²) < 4.78 is 29.5. The standard InChI is InChI=1S/C19H23NO4S/c1-3-24-18-9-8-15(25(2,22)23)11-13(18)10-14-12-20-19(21)17-7-5-4-6-16(14)17/h8-9,11-12H,3-7,10H2,1-2H3,(H,20,21). The van der Waals surface area contributed by atoms with Crippen molar-refractivity contribution in [3.63, 3.8) is 0 Å². The lowest BCUT2D eigenvalue weighted by atomic mass is 9.88. The molecule has 0 bridgehead atoms. The van der Waals surface area contributed by atoms with Gasteiger partial charge in [-0.3, -0.25) is 4.79 Å². The minimum absolute atomic E-state index is 0.00614. The van der Waals surface area contributed by atoms with Crippen LogP contribution in [0, 0.1) is 0 Å². The highest BCUT2D eigenvalue weighted by Crippen LogP contribution is 2.28. The molecule has 5 nitrogen and oxygen atoms in total. The highest BCUT2D eigenvalue weighted by Gasteiger charge is 2.19. The quantitative estimate of drug-likeness (QED) is 0.888. The second-order valence-electron chi connectivity index (χ2n) is 6.46.